The maximum atomic E-state index is 12.0. The molecule has 0 atom stereocenters. The molecule has 0 aromatic heterocycles. The average molecular weight is 414 g/mol. The van der Waals surface area contributed by atoms with Crippen LogP contribution < -0.4 is 5.32 Å². The molecule has 1 fully saturated rings. The molecule has 1 aliphatic rings. The number of rotatable bonds is 6. The molecule has 0 spiro atoms. The minimum absolute atomic E-state index is 0.107. The summed E-state index contributed by atoms with van der Waals surface area (Å²) in [5, 5.41) is 13.8. The Morgan fingerprint density at radius 3 is 2.57 bits per heavy atom. The second-order valence-electron chi connectivity index (χ2n) is 6.02. The standard InChI is InChI=1S/C17H20ClN3O7/c1-2-27-17(24)20-7-5-12(6-8-20)19-15(22)10-28-16(23)13-4-3-11(18)9-14(13)21(25)26/h3-4,9,12H,2,5-8,10H2,1H3,(H,19,22). The van der Waals surface area contributed by atoms with Gasteiger partial charge in [-0.2, -0.15) is 0 Å². The van der Waals surface area contributed by atoms with E-state index in [9.17, 15) is 24.5 Å². The number of amides is 2. The van der Waals surface area contributed by atoms with Crippen molar-refractivity contribution in [3.8, 4) is 0 Å². The summed E-state index contributed by atoms with van der Waals surface area (Å²) in [6.07, 6.45) is 0.702. The zero-order valence-corrected chi connectivity index (χ0v) is 15.9. The first-order valence-electron chi connectivity index (χ1n) is 8.64. The number of esters is 1. The molecule has 0 unspecified atom stereocenters. The number of halogens is 1. The van der Waals surface area contributed by atoms with E-state index in [2.05, 4.69) is 5.32 Å². The monoisotopic (exact) mass is 413 g/mol. The first-order valence-corrected chi connectivity index (χ1v) is 9.01. The van der Waals surface area contributed by atoms with Gasteiger partial charge >= 0.3 is 12.1 Å². The van der Waals surface area contributed by atoms with Gasteiger partial charge in [0.05, 0.1) is 11.5 Å². The van der Waals surface area contributed by atoms with Crippen LogP contribution in [0, 0.1) is 10.1 Å². The Bertz CT molecular complexity index is 763. The molecule has 1 saturated heterocycles. The van der Waals surface area contributed by atoms with E-state index in [1.165, 1.54) is 12.1 Å². The number of carbonyl (C=O) groups is 3. The van der Waals surface area contributed by atoms with Crippen LogP contribution in [-0.4, -0.2) is 60.1 Å². The normalized spacial score (nSPS) is 14.3. The van der Waals surface area contributed by atoms with Gasteiger partial charge in [0.15, 0.2) is 6.61 Å². The van der Waals surface area contributed by atoms with Gasteiger partial charge in [-0.1, -0.05) is 11.6 Å². The van der Waals surface area contributed by atoms with E-state index in [0.717, 1.165) is 6.07 Å². The molecular formula is C17H20ClN3O7. The first-order chi connectivity index (χ1) is 13.3. The van der Waals surface area contributed by atoms with E-state index in [1.54, 1.807) is 11.8 Å². The molecule has 1 N–H and O–H groups in total. The smallest absolute Gasteiger partial charge is 0.409 e. The average Bonchev–Trinajstić information content (AvgIpc) is 2.66. The van der Waals surface area contributed by atoms with Crippen LogP contribution in [-0.2, 0) is 14.3 Å². The van der Waals surface area contributed by atoms with Crippen LogP contribution in [0.25, 0.3) is 0 Å². The number of ether oxygens (including phenoxy) is 2. The van der Waals surface area contributed by atoms with E-state index in [0.29, 0.717) is 32.5 Å². The van der Waals surface area contributed by atoms with Crippen molar-refractivity contribution < 1.29 is 28.8 Å². The molecular weight excluding hydrogens is 394 g/mol. The lowest BCUT2D eigenvalue weighted by atomic mass is 10.1. The molecule has 28 heavy (non-hydrogen) atoms. The Hall–Kier alpha value is -2.88. The minimum atomic E-state index is -0.990. The summed E-state index contributed by atoms with van der Waals surface area (Å²) < 4.78 is 9.79. The molecule has 2 rings (SSSR count). The molecule has 11 heteroatoms. The number of hydrogen-bond acceptors (Lipinski definition) is 7. The summed E-state index contributed by atoms with van der Waals surface area (Å²) >= 11 is 5.70. The van der Waals surface area contributed by atoms with Crippen molar-refractivity contribution in [2.45, 2.75) is 25.8 Å². The summed E-state index contributed by atoms with van der Waals surface area (Å²) in [5.41, 5.74) is -0.783. The third kappa shape index (κ3) is 5.81. The molecule has 152 valence electrons. The maximum Gasteiger partial charge on any atom is 0.409 e. The van der Waals surface area contributed by atoms with Gasteiger partial charge < -0.3 is 19.7 Å². The Labute approximate surface area is 165 Å². The quantitative estimate of drug-likeness (QED) is 0.429. The number of hydrogen-bond donors (Lipinski definition) is 1. The fourth-order valence-corrected chi connectivity index (χ4v) is 2.89. The minimum Gasteiger partial charge on any atom is -0.452 e. The van der Waals surface area contributed by atoms with Crippen LogP contribution in [0.3, 0.4) is 0 Å². The summed E-state index contributed by atoms with van der Waals surface area (Å²) in [6, 6.07) is 3.37. The fourth-order valence-electron chi connectivity index (χ4n) is 2.73. The highest BCUT2D eigenvalue weighted by molar-refractivity contribution is 6.31. The van der Waals surface area contributed by atoms with Gasteiger partial charge in [0.1, 0.15) is 5.56 Å². The number of carbonyl (C=O) groups excluding carboxylic acids is 3. The number of nitro benzene ring substituents is 1. The SMILES string of the molecule is CCOC(=O)N1CCC(NC(=O)COC(=O)c2ccc(Cl)cc2[N+](=O)[O-])CC1. The van der Waals surface area contributed by atoms with Crippen molar-refractivity contribution in [3.05, 3.63) is 38.9 Å². The third-order valence-corrected chi connectivity index (χ3v) is 4.33. The van der Waals surface area contributed by atoms with E-state index in [-0.39, 0.29) is 22.7 Å². The number of likely N-dealkylation sites (tertiary alicyclic amines) is 1. The Balaban J connectivity index is 1.81. The number of nitrogens with zero attached hydrogens (tertiary/aromatic N) is 2. The maximum absolute atomic E-state index is 12.0. The number of nitrogens with one attached hydrogen (secondary N) is 1. The summed E-state index contributed by atoms with van der Waals surface area (Å²) in [6.45, 7) is 2.34. The molecule has 1 aromatic carbocycles. The number of piperidine rings is 1. The predicted octanol–water partition coefficient (Wildman–Crippen LogP) is 2.14. The number of nitro groups is 1. The highest BCUT2D eigenvalue weighted by Gasteiger charge is 2.26. The van der Waals surface area contributed by atoms with Gasteiger partial charge in [0.25, 0.3) is 11.6 Å². The van der Waals surface area contributed by atoms with Crippen LogP contribution in [0.15, 0.2) is 18.2 Å². The predicted molar refractivity (Wildman–Crippen MR) is 98.1 cm³/mol. The van der Waals surface area contributed by atoms with Crippen molar-refractivity contribution in [2.24, 2.45) is 0 Å². The van der Waals surface area contributed by atoms with Crippen molar-refractivity contribution >= 4 is 35.3 Å². The molecule has 1 heterocycles. The van der Waals surface area contributed by atoms with Crippen molar-refractivity contribution in [1.82, 2.24) is 10.2 Å². The Morgan fingerprint density at radius 2 is 1.96 bits per heavy atom. The topological polar surface area (TPSA) is 128 Å². The molecule has 0 saturated carbocycles. The molecule has 0 bridgehead atoms. The van der Waals surface area contributed by atoms with E-state index in [4.69, 9.17) is 21.1 Å². The Morgan fingerprint density at radius 1 is 1.29 bits per heavy atom. The molecule has 10 nitrogen and oxygen atoms in total. The van der Waals surface area contributed by atoms with Crippen molar-refractivity contribution in [3.63, 3.8) is 0 Å². The second-order valence-corrected chi connectivity index (χ2v) is 6.46. The van der Waals surface area contributed by atoms with Crippen LogP contribution >= 0.6 is 11.6 Å². The molecule has 2 amide bonds. The van der Waals surface area contributed by atoms with Gasteiger partial charge in [-0.25, -0.2) is 9.59 Å². The van der Waals surface area contributed by atoms with Crippen LogP contribution in [0.5, 0.6) is 0 Å². The van der Waals surface area contributed by atoms with Crippen LogP contribution in [0.2, 0.25) is 5.02 Å². The number of benzene rings is 1. The highest BCUT2D eigenvalue weighted by Crippen LogP contribution is 2.23. The van der Waals surface area contributed by atoms with Crippen molar-refractivity contribution in [2.75, 3.05) is 26.3 Å². The van der Waals surface area contributed by atoms with Gasteiger partial charge in [-0.05, 0) is 31.9 Å². The lowest BCUT2D eigenvalue weighted by Gasteiger charge is -2.31. The molecule has 0 aliphatic carbocycles. The molecule has 1 aromatic rings. The highest BCUT2D eigenvalue weighted by atomic mass is 35.5. The van der Waals surface area contributed by atoms with Gasteiger partial charge in [0, 0.05) is 30.2 Å². The fraction of sp³-hybridized carbons (Fsp3) is 0.471. The zero-order chi connectivity index (χ0) is 20.7. The van der Waals surface area contributed by atoms with E-state index >= 15 is 0 Å². The summed E-state index contributed by atoms with van der Waals surface area (Å²) in [5.74, 6) is -1.52. The van der Waals surface area contributed by atoms with E-state index in [1.807, 2.05) is 0 Å². The molecule has 1 aliphatic heterocycles. The zero-order valence-electron chi connectivity index (χ0n) is 15.2. The second kappa shape index (κ2) is 9.88. The lowest BCUT2D eigenvalue weighted by molar-refractivity contribution is -0.385. The van der Waals surface area contributed by atoms with E-state index < -0.39 is 29.1 Å². The van der Waals surface area contributed by atoms with Crippen LogP contribution in [0.1, 0.15) is 30.1 Å². The van der Waals surface area contributed by atoms with Crippen molar-refractivity contribution in [1.29, 1.82) is 0 Å². The Kier molecular flexibility index (Phi) is 7.56. The molecule has 0 radical (unpaired) electrons. The first kappa shape index (κ1) is 21.4. The van der Waals surface area contributed by atoms with Gasteiger partial charge in [0.2, 0.25) is 0 Å². The largest absolute Gasteiger partial charge is 0.452 e. The lowest BCUT2D eigenvalue weighted by Crippen LogP contribution is -2.47. The summed E-state index contributed by atoms with van der Waals surface area (Å²) in [4.78, 5) is 47.5. The third-order valence-electron chi connectivity index (χ3n) is 4.10. The summed E-state index contributed by atoms with van der Waals surface area (Å²) in [7, 11) is 0. The van der Waals surface area contributed by atoms with Gasteiger partial charge in [-0.15, -0.1) is 0 Å². The van der Waals surface area contributed by atoms with Crippen LogP contribution in [0.4, 0.5) is 10.5 Å². The van der Waals surface area contributed by atoms with Gasteiger partial charge in [-0.3, -0.25) is 14.9 Å².